The Morgan fingerprint density at radius 3 is 1.19 bits per heavy atom. The van der Waals surface area contributed by atoms with Crippen molar-refractivity contribution in [1.29, 1.82) is 0 Å². The van der Waals surface area contributed by atoms with Gasteiger partial charge in [-0.25, -0.2) is 19.4 Å². The minimum atomic E-state index is -1.29. The third kappa shape index (κ3) is 4.33. The molecule has 0 fully saturated rings. The summed E-state index contributed by atoms with van der Waals surface area (Å²) in [5, 5.41) is 18.8. The van der Waals surface area contributed by atoms with Gasteiger partial charge in [-0.05, 0) is 72.8 Å². The van der Waals surface area contributed by atoms with E-state index in [1.165, 1.54) is 58.0 Å². The predicted molar refractivity (Wildman–Crippen MR) is 154 cm³/mol. The maximum Gasteiger partial charge on any atom is 0.336 e. The summed E-state index contributed by atoms with van der Waals surface area (Å²) in [5.74, 6) is -5.15. The lowest BCUT2D eigenvalue weighted by Gasteiger charge is -2.15. The average molecular weight is 597 g/mol. The van der Waals surface area contributed by atoms with E-state index in [0.29, 0.717) is 11.4 Å². The van der Waals surface area contributed by atoms with Crippen LogP contribution in [0.5, 0.6) is 0 Å². The third-order valence-corrected chi connectivity index (χ3v) is 9.13. The SMILES string of the molecule is O=C(O)c1cccc2c1C(=O)N(c1ccc(SSc3ccc(N4C(=O)c5cccc(C(=O)O)c5C4=O)cc3)cc1)C2=O. The number of carbonyl (C=O) groups is 6. The van der Waals surface area contributed by atoms with Gasteiger partial charge in [-0.3, -0.25) is 19.2 Å². The Labute approximate surface area is 245 Å². The maximum atomic E-state index is 13.0. The summed E-state index contributed by atoms with van der Waals surface area (Å²) in [6, 6.07) is 21.6. The van der Waals surface area contributed by atoms with Gasteiger partial charge in [-0.15, -0.1) is 0 Å². The summed E-state index contributed by atoms with van der Waals surface area (Å²) < 4.78 is 0. The molecule has 12 heteroatoms. The lowest BCUT2D eigenvalue weighted by molar-refractivity contribution is 0.0683. The van der Waals surface area contributed by atoms with Crippen molar-refractivity contribution in [2.24, 2.45) is 0 Å². The highest BCUT2D eigenvalue weighted by atomic mass is 33.1. The molecule has 2 heterocycles. The molecule has 0 spiro atoms. The molecule has 10 nitrogen and oxygen atoms in total. The summed E-state index contributed by atoms with van der Waals surface area (Å²) >= 11 is 0. The van der Waals surface area contributed by atoms with E-state index in [4.69, 9.17) is 0 Å². The molecule has 2 aliphatic heterocycles. The number of imide groups is 2. The van der Waals surface area contributed by atoms with E-state index < -0.39 is 35.6 Å². The lowest BCUT2D eigenvalue weighted by Crippen LogP contribution is -2.29. The first kappa shape index (κ1) is 27.0. The first-order chi connectivity index (χ1) is 20.2. The number of amides is 4. The Bertz CT molecular complexity index is 1730. The Hall–Kier alpha value is -5.20. The molecule has 0 bridgehead atoms. The number of nitrogens with zero attached hydrogens (tertiary/aromatic N) is 2. The van der Waals surface area contributed by atoms with E-state index in [1.807, 2.05) is 0 Å². The number of carboxylic acid groups (broad SMARTS) is 2. The molecule has 0 saturated heterocycles. The zero-order valence-corrected chi connectivity index (χ0v) is 22.8. The van der Waals surface area contributed by atoms with Crippen LogP contribution in [0.25, 0.3) is 0 Å². The van der Waals surface area contributed by atoms with Crippen LogP contribution in [0, 0.1) is 0 Å². The fourth-order valence-corrected chi connectivity index (χ4v) is 6.72. The van der Waals surface area contributed by atoms with Crippen molar-refractivity contribution in [3.63, 3.8) is 0 Å². The molecular weight excluding hydrogens is 580 g/mol. The summed E-state index contributed by atoms with van der Waals surface area (Å²) in [6.45, 7) is 0. The molecule has 0 atom stereocenters. The lowest BCUT2D eigenvalue weighted by atomic mass is 10.0. The number of benzene rings is 4. The number of hydrogen-bond acceptors (Lipinski definition) is 8. The second kappa shape index (κ2) is 10.3. The van der Waals surface area contributed by atoms with Crippen molar-refractivity contribution in [2.75, 3.05) is 9.80 Å². The van der Waals surface area contributed by atoms with Crippen LogP contribution in [0.4, 0.5) is 11.4 Å². The van der Waals surface area contributed by atoms with Gasteiger partial charge in [0.25, 0.3) is 23.6 Å². The van der Waals surface area contributed by atoms with E-state index in [1.54, 1.807) is 48.5 Å². The average Bonchev–Trinajstić information content (AvgIpc) is 3.40. The number of anilines is 2. The van der Waals surface area contributed by atoms with Crippen molar-refractivity contribution in [1.82, 2.24) is 0 Å². The smallest absolute Gasteiger partial charge is 0.336 e. The van der Waals surface area contributed by atoms with Gasteiger partial charge in [0.15, 0.2) is 0 Å². The zero-order chi connectivity index (χ0) is 29.7. The van der Waals surface area contributed by atoms with Crippen LogP contribution >= 0.6 is 21.6 Å². The van der Waals surface area contributed by atoms with Gasteiger partial charge >= 0.3 is 11.9 Å². The molecule has 0 radical (unpaired) electrons. The third-order valence-electron chi connectivity index (χ3n) is 6.71. The largest absolute Gasteiger partial charge is 0.478 e. The molecule has 4 aromatic carbocycles. The molecule has 4 aromatic rings. The van der Waals surface area contributed by atoms with Crippen molar-refractivity contribution in [3.8, 4) is 0 Å². The minimum absolute atomic E-state index is 0.0425. The highest BCUT2D eigenvalue weighted by Gasteiger charge is 2.40. The number of carbonyl (C=O) groups excluding carboxylic acids is 4. The second-order valence-electron chi connectivity index (χ2n) is 9.11. The van der Waals surface area contributed by atoms with Crippen molar-refractivity contribution >= 4 is 68.5 Å². The van der Waals surface area contributed by atoms with Gasteiger partial charge in [0, 0.05) is 9.79 Å². The fraction of sp³-hybridized carbons (Fsp3) is 0. The molecule has 42 heavy (non-hydrogen) atoms. The van der Waals surface area contributed by atoms with Crippen LogP contribution in [-0.2, 0) is 0 Å². The molecule has 2 aliphatic rings. The Morgan fingerprint density at radius 2 is 0.857 bits per heavy atom. The Morgan fingerprint density at radius 1 is 0.500 bits per heavy atom. The highest BCUT2D eigenvalue weighted by Crippen LogP contribution is 2.40. The van der Waals surface area contributed by atoms with Crippen LogP contribution in [-0.4, -0.2) is 45.8 Å². The quantitative estimate of drug-likeness (QED) is 0.207. The van der Waals surface area contributed by atoms with Gasteiger partial charge in [-0.1, -0.05) is 33.7 Å². The molecule has 206 valence electrons. The first-order valence-electron chi connectivity index (χ1n) is 12.2. The number of hydrogen-bond donors (Lipinski definition) is 2. The van der Waals surface area contributed by atoms with Gasteiger partial charge in [0.1, 0.15) is 0 Å². The molecule has 4 amide bonds. The molecular formula is C30H16N2O8S2. The Balaban J connectivity index is 1.14. The van der Waals surface area contributed by atoms with Crippen molar-refractivity contribution < 1.29 is 39.0 Å². The van der Waals surface area contributed by atoms with Crippen LogP contribution in [0.2, 0.25) is 0 Å². The van der Waals surface area contributed by atoms with E-state index in [2.05, 4.69) is 0 Å². The highest BCUT2D eigenvalue weighted by molar-refractivity contribution is 8.76. The molecule has 0 aliphatic carbocycles. The van der Waals surface area contributed by atoms with Crippen molar-refractivity contribution in [2.45, 2.75) is 9.79 Å². The van der Waals surface area contributed by atoms with Gasteiger partial charge in [0.05, 0.1) is 44.8 Å². The van der Waals surface area contributed by atoms with Crippen LogP contribution in [0.1, 0.15) is 62.1 Å². The number of carboxylic acids is 2. The van der Waals surface area contributed by atoms with Crippen molar-refractivity contribution in [3.05, 3.63) is 118 Å². The fourth-order valence-electron chi connectivity index (χ4n) is 4.79. The van der Waals surface area contributed by atoms with E-state index >= 15 is 0 Å². The molecule has 0 aromatic heterocycles. The molecule has 0 unspecified atom stereocenters. The van der Waals surface area contributed by atoms with Gasteiger partial charge in [-0.2, -0.15) is 0 Å². The summed E-state index contributed by atoms with van der Waals surface area (Å²) in [5.41, 5.74) is -0.00726. The molecule has 2 N–H and O–H groups in total. The number of fused-ring (bicyclic) bond motifs is 2. The minimum Gasteiger partial charge on any atom is -0.478 e. The standard InChI is InChI=1S/C30H16N2O8S2/c33-25-19-3-1-5-21(29(37)38)23(19)27(35)31(25)15-7-11-17(12-8-15)41-42-18-13-9-16(10-14-18)32-26(34)20-4-2-6-22(30(39)40)24(20)28(32)36/h1-14H,(H,37,38)(H,39,40). The summed E-state index contributed by atoms with van der Waals surface area (Å²) in [4.78, 5) is 78.3. The molecule has 0 saturated carbocycles. The number of rotatable bonds is 7. The van der Waals surface area contributed by atoms with Gasteiger partial charge < -0.3 is 10.2 Å². The summed E-state index contributed by atoms with van der Waals surface area (Å²) in [7, 11) is 2.78. The number of aromatic carboxylic acids is 2. The van der Waals surface area contributed by atoms with E-state index in [-0.39, 0.29) is 33.4 Å². The zero-order valence-electron chi connectivity index (χ0n) is 21.1. The normalized spacial score (nSPS) is 13.9. The van der Waals surface area contributed by atoms with E-state index in [0.717, 1.165) is 19.6 Å². The maximum absolute atomic E-state index is 13.0. The first-order valence-corrected chi connectivity index (χ1v) is 14.4. The molecule has 6 rings (SSSR count). The Kier molecular flexibility index (Phi) is 6.64. The topological polar surface area (TPSA) is 149 Å². The van der Waals surface area contributed by atoms with Gasteiger partial charge in [0.2, 0.25) is 0 Å². The predicted octanol–water partition coefficient (Wildman–Crippen LogP) is 5.48. The van der Waals surface area contributed by atoms with Crippen LogP contribution in [0.3, 0.4) is 0 Å². The monoisotopic (exact) mass is 596 g/mol. The second-order valence-corrected chi connectivity index (χ2v) is 11.4. The van der Waals surface area contributed by atoms with E-state index in [9.17, 15) is 39.0 Å². The summed E-state index contributed by atoms with van der Waals surface area (Å²) in [6.07, 6.45) is 0. The van der Waals surface area contributed by atoms with Crippen LogP contribution < -0.4 is 9.80 Å². The van der Waals surface area contributed by atoms with Crippen LogP contribution in [0.15, 0.2) is 94.7 Å².